The van der Waals surface area contributed by atoms with Crippen molar-refractivity contribution in [2.24, 2.45) is 0 Å². The molecule has 2 aromatic carbocycles. The maximum absolute atomic E-state index is 13.7. The third-order valence-corrected chi connectivity index (χ3v) is 5.82. The number of nitrogens with zero attached hydrogens (tertiary/aromatic N) is 1. The van der Waals surface area contributed by atoms with Crippen molar-refractivity contribution in [2.75, 3.05) is 13.7 Å². The standard InChI is InChI=1S/C23H20FN3O3/c1-12-7-14(24)9-20-15(12)10-21(26-20)22(28)27-6-5-19-17(11-27)16-8-13(23(29)30-2)3-4-18(16)25-19/h3-4,7-10,25-26H,5-6,11H2,1-2H3. The van der Waals surface area contributed by atoms with Gasteiger partial charge in [0, 0.05) is 52.6 Å². The highest BCUT2D eigenvalue weighted by Gasteiger charge is 2.26. The van der Waals surface area contributed by atoms with Crippen LogP contribution in [0.3, 0.4) is 0 Å². The molecule has 30 heavy (non-hydrogen) atoms. The Balaban J connectivity index is 1.49. The summed E-state index contributed by atoms with van der Waals surface area (Å²) in [6.45, 7) is 2.83. The van der Waals surface area contributed by atoms with Crippen LogP contribution < -0.4 is 0 Å². The third kappa shape index (κ3) is 2.85. The van der Waals surface area contributed by atoms with Gasteiger partial charge in [0.25, 0.3) is 5.91 Å². The molecule has 4 aromatic rings. The molecule has 0 aliphatic carbocycles. The molecule has 0 bridgehead atoms. The molecular weight excluding hydrogens is 385 g/mol. The number of benzene rings is 2. The number of rotatable bonds is 2. The molecule has 6 nitrogen and oxygen atoms in total. The summed E-state index contributed by atoms with van der Waals surface area (Å²) >= 11 is 0. The molecule has 1 aliphatic rings. The van der Waals surface area contributed by atoms with Crippen LogP contribution in [0.2, 0.25) is 0 Å². The number of hydrogen-bond acceptors (Lipinski definition) is 3. The van der Waals surface area contributed by atoms with Crippen LogP contribution in [0.4, 0.5) is 4.39 Å². The van der Waals surface area contributed by atoms with Gasteiger partial charge in [-0.1, -0.05) is 0 Å². The Bertz CT molecular complexity index is 1330. The van der Waals surface area contributed by atoms with E-state index in [9.17, 15) is 14.0 Å². The lowest BCUT2D eigenvalue weighted by Gasteiger charge is -2.27. The van der Waals surface area contributed by atoms with Gasteiger partial charge in [0.15, 0.2) is 0 Å². The van der Waals surface area contributed by atoms with Gasteiger partial charge in [0.2, 0.25) is 0 Å². The normalized spacial score (nSPS) is 13.6. The summed E-state index contributed by atoms with van der Waals surface area (Å²) in [7, 11) is 1.35. The Morgan fingerprint density at radius 3 is 2.70 bits per heavy atom. The van der Waals surface area contributed by atoms with E-state index in [1.165, 1.54) is 19.2 Å². The molecule has 0 saturated heterocycles. The van der Waals surface area contributed by atoms with E-state index < -0.39 is 5.97 Å². The molecule has 152 valence electrons. The van der Waals surface area contributed by atoms with Gasteiger partial charge < -0.3 is 19.6 Å². The van der Waals surface area contributed by atoms with Gasteiger partial charge in [0.1, 0.15) is 11.5 Å². The minimum Gasteiger partial charge on any atom is -0.465 e. The molecule has 1 amide bonds. The molecule has 2 aromatic heterocycles. The molecule has 3 heterocycles. The van der Waals surface area contributed by atoms with E-state index in [-0.39, 0.29) is 11.7 Å². The largest absolute Gasteiger partial charge is 0.465 e. The molecule has 0 saturated carbocycles. The first-order chi connectivity index (χ1) is 14.4. The van der Waals surface area contributed by atoms with E-state index in [2.05, 4.69) is 9.97 Å². The number of amides is 1. The van der Waals surface area contributed by atoms with Crippen LogP contribution in [0, 0.1) is 12.7 Å². The number of aromatic amines is 2. The van der Waals surface area contributed by atoms with Gasteiger partial charge in [-0.2, -0.15) is 0 Å². The summed E-state index contributed by atoms with van der Waals surface area (Å²) in [5, 5.41) is 1.76. The van der Waals surface area contributed by atoms with Crippen molar-refractivity contribution in [3.05, 3.63) is 70.3 Å². The SMILES string of the molecule is COC(=O)c1ccc2[nH]c3c(c2c1)CN(C(=O)c1cc2c(C)cc(F)cc2[nH]1)CC3. The number of carbonyl (C=O) groups excluding carboxylic acids is 2. The molecule has 2 N–H and O–H groups in total. The zero-order chi connectivity index (χ0) is 21.0. The fourth-order valence-corrected chi connectivity index (χ4v) is 4.29. The summed E-state index contributed by atoms with van der Waals surface area (Å²) < 4.78 is 18.5. The van der Waals surface area contributed by atoms with Crippen LogP contribution in [-0.2, 0) is 17.7 Å². The van der Waals surface area contributed by atoms with Crippen LogP contribution in [-0.4, -0.2) is 40.4 Å². The number of fused-ring (bicyclic) bond motifs is 4. The molecule has 7 heteroatoms. The molecule has 0 spiro atoms. The predicted molar refractivity (Wildman–Crippen MR) is 111 cm³/mol. The maximum atomic E-state index is 13.7. The number of carbonyl (C=O) groups is 2. The van der Waals surface area contributed by atoms with E-state index in [0.29, 0.717) is 36.3 Å². The van der Waals surface area contributed by atoms with Gasteiger partial charge in [-0.3, -0.25) is 4.79 Å². The topological polar surface area (TPSA) is 78.2 Å². The highest BCUT2D eigenvalue weighted by Crippen LogP contribution is 2.30. The highest BCUT2D eigenvalue weighted by molar-refractivity contribution is 6.00. The van der Waals surface area contributed by atoms with E-state index in [4.69, 9.17) is 4.74 Å². The number of nitrogens with one attached hydrogen (secondary N) is 2. The lowest BCUT2D eigenvalue weighted by molar-refractivity contribution is 0.0600. The van der Waals surface area contributed by atoms with E-state index in [0.717, 1.165) is 33.1 Å². The highest BCUT2D eigenvalue weighted by atomic mass is 19.1. The summed E-state index contributed by atoms with van der Waals surface area (Å²) in [6, 6.07) is 10.0. The van der Waals surface area contributed by atoms with E-state index in [1.807, 2.05) is 13.0 Å². The molecular formula is C23H20FN3O3. The van der Waals surface area contributed by atoms with Crippen LogP contribution in [0.15, 0.2) is 36.4 Å². The summed E-state index contributed by atoms with van der Waals surface area (Å²) in [6.07, 6.45) is 0.692. The van der Waals surface area contributed by atoms with Crippen molar-refractivity contribution in [2.45, 2.75) is 19.9 Å². The summed E-state index contributed by atoms with van der Waals surface area (Å²) in [4.78, 5) is 33.3. The smallest absolute Gasteiger partial charge is 0.337 e. The fourth-order valence-electron chi connectivity index (χ4n) is 4.29. The van der Waals surface area contributed by atoms with Gasteiger partial charge in [-0.15, -0.1) is 0 Å². The Labute approximate surface area is 171 Å². The van der Waals surface area contributed by atoms with E-state index >= 15 is 0 Å². The number of methoxy groups -OCH3 is 1. The monoisotopic (exact) mass is 405 g/mol. The first-order valence-corrected chi connectivity index (χ1v) is 9.74. The minimum absolute atomic E-state index is 0.130. The summed E-state index contributed by atoms with van der Waals surface area (Å²) in [5.41, 5.74) is 5.33. The van der Waals surface area contributed by atoms with Crippen LogP contribution in [0.25, 0.3) is 21.8 Å². The van der Waals surface area contributed by atoms with Crippen molar-refractivity contribution in [1.29, 1.82) is 0 Å². The van der Waals surface area contributed by atoms with Crippen molar-refractivity contribution in [3.63, 3.8) is 0 Å². The lowest BCUT2D eigenvalue weighted by atomic mass is 10.0. The molecule has 0 fully saturated rings. The second-order valence-electron chi connectivity index (χ2n) is 7.68. The van der Waals surface area contributed by atoms with Crippen LogP contribution in [0.1, 0.15) is 37.7 Å². The van der Waals surface area contributed by atoms with Crippen molar-refractivity contribution >= 4 is 33.7 Å². The number of esters is 1. The Hall–Kier alpha value is -3.61. The quantitative estimate of drug-likeness (QED) is 0.493. The first kappa shape index (κ1) is 18.4. The first-order valence-electron chi connectivity index (χ1n) is 9.74. The Kier molecular flexibility index (Phi) is 4.13. The van der Waals surface area contributed by atoms with Crippen molar-refractivity contribution in [3.8, 4) is 0 Å². The zero-order valence-corrected chi connectivity index (χ0v) is 16.6. The lowest BCUT2D eigenvalue weighted by Crippen LogP contribution is -2.36. The molecule has 0 radical (unpaired) electrons. The number of aryl methyl sites for hydroxylation is 1. The minimum atomic E-state index is -0.392. The van der Waals surface area contributed by atoms with Crippen LogP contribution >= 0.6 is 0 Å². The second-order valence-corrected chi connectivity index (χ2v) is 7.68. The number of aromatic nitrogens is 2. The molecule has 5 rings (SSSR count). The van der Waals surface area contributed by atoms with Gasteiger partial charge in [-0.25, -0.2) is 9.18 Å². The number of ether oxygens (including phenoxy) is 1. The molecule has 1 aliphatic heterocycles. The number of halogens is 1. The Morgan fingerprint density at radius 2 is 1.90 bits per heavy atom. The maximum Gasteiger partial charge on any atom is 0.337 e. The molecule has 0 unspecified atom stereocenters. The third-order valence-electron chi connectivity index (χ3n) is 5.82. The second kappa shape index (κ2) is 6.73. The molecule has 0 atom stereocenters. The van der Waals surface area contributed by atoms with Crippen LogP contribution in [0.5, 0.6) is 0 Å². The number of H-pyrrole nitrogens is 2. The average molecular weight is 405 g/mol. The van der Waals surface area contributed by atoms with Crippen molar-refractivity contribution < 1.29 is 18.7 Å². The van der Waals surface area contributed by atoms with Gasteiger partial charge >= 0.3 is 5.97 Å². The predicted octanol–water partition coefficient (Wildman–Crippen LogP) is 4.08. The number of hydrogen-bond donors (Lipinski definition) is 2. The Morgan fingerprint density at radius 1 is 1.07 bits per heavy atom. The van der Waals surface area contributed by atoms with Gasteiger partial charge in [-0.05, 0) is 48.9 Å². The van der Waals surface area contributed by atoms with Gasteiger partial charge in [0.05, 0.1) is 12.7 Å². The average Bonchev–Trinajstić information content (AvgIpc) is 3.33. The fraction of sp³-hybridized carbons (Fsp3) is 0.217. The van der Waals surface area contributed by atoms with Crippen molar-refractivity contribution in [1.82, 2.24) is 14.9 Å². The van der Waals surface area contributed by atoms with E-state index in [1.54, 1.807) is 23.1 Å². The summed E-state index contributed by atoms with van der Waals surface area (Å²) in [5.74, 6) is -0.852. The zero-order valence-electron chi connectivity index (χ0n) is 16.6.